The number of carbonyl (C=O) groups excluding carboxylic acids is 1. The van der Waals surface area contributed by atoms with Gasteiger partial charge in [0, 0.05) is 12.1 Å². The first-order chi connectivity index (χ1) is 6.68. The monoisotopic (exact) mass is 254 g/mol. The summed E-state index contributed by atoms with van der Waals surface area (Å²) in [5.74, 6) is 1.40. The summed E-state index contributed by atoms with van der Waals surface area (Å²) in [6.45, 7) is 2.08. The summed E-state index contributed by atoms with van der Waals surface area (Å²) in [6, 6.07) is 3.68. The Hall–Kier alpha value is -0.900. The van der Waals surface area contributed by atoms with Crippen LogP contribution in [0.5, 0.6) is 0 Å². The van der Waals surface area contributed by atoms with Crippen molar-refractivity contribution in [2.45, 2.75) is 13.3 Å². The SMILES string of the molecule is CC1CC1C(=O)Nc1ncccc1Br. The maximum absolute atomic E-state index is 11.6. The molecule has 1 aliphatic carbocycles. The Bertz CT molecular complexity index is 367. The number of nitrogens with zero attached hydrogens (tertiary/aromatic N) is 1. The Morgan fingerprint density at radius 1 is 1.71 bits per heavy atom. The molecule has 0 aliphatic heterocycles. The molecular weight excluding hydrogens is 244 g/mol. The predicted octanol–water partition coefficient (Wildman–Crippen LogP) is 2.44. The molecule has 1 saturated carbocycles. The lowest BCUT2D eigenvalue weighted by atomic mass is 10.3. The second-order valence-corrected chi connectivity index (χ2v) is 4.50. The van der Waals surface area contributed by atoms with E-state index in [1.807, 2.05) is 12.1 Å². The van der Waals surface area contributed by atoms with E-state index in [4.69, 9.17) is 0 Å². The molecule has 1 aliphatic rings. The van der Waals surface area contributed by atoms with Crippen molar-refractivity contribution in [3.8, 4) is 0 Å². The molecule has 14 heavy (non-hydrogen) atoms. The van der Waals surface area contributed by atoms with Crippen molar-refractivity contribution in [2.24, 2.45) is 11.8 Å². The average Bonchev–Trinajstić information content (AvgIpc) is 2.87. The van der Waals surface area contributed by atoms with Gasteiger partial charge in [0.25, 0.3) is 0 Å². The molecule has 1 fully saturated rings. The van der Waals surface area contributed by atoms with E-state index in [0.29, 0.717) is 11.7 Å². The summed E-state index contributed by atoms with van der Waals surface area (Å²) in [6.07, 6.45) is 2.66. The summed E-state index contributed by atoms with van der Waals surface area (Å²) in [5, 5.41) is 2.81. The minimum atomic E-state index is 0.0805. The minimum absolute atomic E-state index is 0.0805. The van der Waals surface area contributed by atoms with Crippen LogP contribution in [0.15, 0.2) is 22.8 Å². The number of halogens is 1. The Morgan fingerprint density at radius 2 is 2.43 bits per heavy atom. The summed E-state index contributed by atoms with van der Waals surface area (Å²) in [5.41, 5.74) is 0. The molecule has 2 atom stereocenters. The summed E-state index contributed by atoms with van der Waals surface area (Å²) in [4.78, 5) is 15.6. The van der Waals surface area contributed by atoms with Gasteiger partial charge in [-0.1, -0.05) is 6.92 Å². The van der Waals surface area contributed by atoms with Crippen molar-refractivity contribution in [1.29, 1.82) is 0 Å². The molecule has 1 aromatic rings. The maximum atomic E-state index is 11.6. The Kier molecular flexibility index (Phi) is 2.54. The maximum Gasteiger partial charge on any atom is 0.228 e. The molecule has 0 bridgehead atoms. The molecule has 1 N–H and O–H groups in total. The van der Waals surface area contributed by atoms with E-state index >= 15 is 0 Å². The van der Waals surface area contributed by atoms with Gasteiger partial charge < -0.3 is 5.32 Å². The van der Waals surface area contributed by atoms with Gasteiger partial charge in [-0.2, -0.15) is 0 Å². The van der Waals surface area contributed by atoms with Crippen molar-refractivity contribution in [3.63, 3.8) is 0 Å². The Labute approximate surface area is 91.0 Å². The number of rotatable bonds is 2. The second kappa shape index (κ2) is 3.69. The molecule has 1 aromatic heterocycles. The molecule has 0 aromatic carbocycles. The molecule has 1 amide bonds. The first-order valence-corrected chi connectivity index (χ1v) is 5.39. The van der Waals surface area contributed by atoms with Crippen LogP contribution in [0.1, 0.15) is 13.3 Å². The van der Waals surface area contributed by atoms with E-state index in [9.17, 15) is 4.79 Å². The third-order valence-corrected chi connectivity index (χ3v) is 3.09. The molecule has 2 unspecified atom stereocenters. The van der Waals surface area contributed by atoms with Crippen LogP contribution in [0.3, 0.4) is 0 Å². The number of amides is 1. The van der Waals surface area contributed by atoms with Crippen LogP contribution in [-0.2, 0) is 4.79 Å². The molecule has 74 valence electrons. The zero-order chi connectivity index (χ0) is 10.1. The van der Waals surface area contributed by atoms with Crippen molar-refractivity contribution in [1.82, 2.24) is 4.98 Å². The normalized spacial score (nSPS) is 24.4. The fourth-order valence-corrected chi connectivity index (χ4v) is 1.73. The second-order valence-electron chi connectivity index (χ2n) is 3.64. The van der Waals surface area contributed by atoms with Gasteiger partial charge in [-0.25, -0.2) is 4.98 Å². The molecular formula is C10H11BrN2O. The fraction of sp³-hybridized carbons (Fsp3) is 0.400. The molecule has 2 rings (SSSR count). The smallest absolute Gasteiger partial charge is 0.228 e. The average molecular weight is 255 g/mol. The van der Waals surface area contributed by atoms with E-state index in [0.717, 1.165) is 10.9 Å². The van der Waals surface area contributed by atoms with Crippen LogP contribution in [0.4, 0.5) is 5.82 Å². The van der Waals surface area contributed by atoms with Crippen LogP contribution >= 0.6 is 15.9 Å². The number of hydrogen-bond donors (Lipinski definition) is 1. The topological polar surface area (TPSA) is 42.0 Å². The van der Waals surface area contributed by atoms with Gasteiger partial charge in [-0.05, 0) is 40.4 Å². The molecule has 4 heteroatoms. The van der Waals surface area contributed by atoms with Crippen molar-refractivity contribution < 1.29 is 4.79 Å². The van der Waals surface area contributed by atoms with Crippen molar-refractivity contribution in [2.75, 3.05) is 5.32 Å². The minimum Gasteiger partial charge on any atom is -0.310 e. The third kappa shape index (κ3) is 1.95. The highest BCUT2D eigenvalue weighted by Gasteiger charge is 2.39. The van der Waals surface area contributed by atoms with Crippen LogP contribution < -0.4 is 5.32 Å². The van der Waals surface area contributed by atoms with E-state index in [2.05, 4.69) is 33.2 Å². The quantitative estimate of drug-likeness (QED) is 0.881. The predicted molar refractivity (Wildman–Crippen MR) is 57.8 cm³/mol. The van der Waals surface area contributed by atoms with Gasteiger partial charge in [0.2, 0.25) is 5.91 Å². The number of nitrogens with one attached hydrogen (secondary N) is 1. The largest absolute Gasteiger partial charge is 0.310 e. The summed E-state index contributed by atoms with van der Waals surface area (Å²) in [7, 11) is 0. The number of anilines is 1. The molecule has 3 nitrogen and oxygen atoms in total. The van der Waals surface area contributed by atoms with Gasteiger partial charge >= 0.3 is 0 Å². The van der Waals surface area contributed by atoms with Crippen molar-refractivity contribution in [3.05, 3.63) is 22.8 Å². The standard InChI is InChI=1S/C10H11BrN2O/c1-6-5-7(6)10(14)13-9-8(11)3-2-4-12-9/h2-4,6-7H,5H2,1H3,(H,12,13,14). The lowest BCUT2D eigenvalue weighted by Crippen LogP contribution is -2.15. The Morgan fingerprint density at radius 3 is 3.00 bits per heavy atom. The van der Waals surface area contributed by atoms with E-state index in [1.165, 1.54) is 0 Å². The molecule has 0 radical (unpaired) electrons. The van der Waals surface area contributed by atoms with Crippen LogP contribution in [-0.4, -0.2) is 10.9 Å². The van der Waals surface area contributed by atoms with Gasteiger partial charge in [-0.3, -0.25) is 4.79 Å². The first kappa shape index (κ1) is 9.65. The number of hydrogen-bond acceptors (Lipinski definition) is 2. The van der Waals surface area contributed by atoms with Crippen LogP contribution in [0.2, 0.25) is 0 Å². The van der Waals surface area contributed by atoms with Crippen LogP contribution in [0.25, 0.3) is 0 Å². The molecule has 0 saturated heterocycles. The highest BCUT2D eigenvalue weighted by molar-refractivity contribution is 9.10. The summed E-state index contributed by atoms with van der Waals surface area (Å²) < 4.78 is 0.821. The van der Waals surface area contributed by atoms with E-state index in [-0.39, 0.29) is 11.8 Å². The zero-order valence-corrected chi connectivity index (χ0v) is 9.41. The first-order valence-electron chi connectivity index (χ1n) is 4.60. The lowest BCUT2D eigenvalue weighted by molar-refractivity contribution is -0.117. The zero-order valence-electron chi connectivity index (χ0n) is 7.83. The number of carbonyl (C=O) groups is 1. The third-order valence-electron chi connectivity index (χ3n) is 2.45. The van der Waals surface area contributed by atoms with E-state index < -0.39 is 0 Å². The molecule has 0 spiro atoms. The highest BCUT2D eigenvalue weighted by Crippen LogP contribution is 2.38. The number of pyridine rings is 1. The van der Waals surface area contributed by atoms with Crippen molar-refractivity contribution >= 4 is 27.7 Å². The lowest BCUT2D eigenvalue weighted by Gasteiger charge is -2.04. The van der Waals surface area contributed by atoms with Crippen LogP contribution in [0, 0.1) is 11.8 Å². The van der Waals surface area contributed by atoms with Gasteiger partial charge in [-0.15, -0.1) is 0 Å². The number of aromatic nitrogens is 1. The van der Waals surface area contributed by atoms with E-state index in [1.54, 1.807) is 6.20 Å². The van der Waals surface area contributed by atoms with Gasteiger partial charge in [0.15, 0.2) is 0 Å². The van der Waals surface area contributed by atoms with Gasteiger partial charge in [0.05, 0.1) is 4.47 Å². The molecule has 1 heterocycles. The highest BCUT2D eigenvalue weighted by atomic mass is 79.9. The Balaban J connectivity index is 2.04. The fourth-order valence-electron chi connectivity index (χ4n) is 1.37. The summed E-state index contributed by atoms with van der Waals surface area (Å²) >= 11 is 3.33. The van der Waals surface area contributed by atoms with Gasteiger partial charge in [0.1, 0.15) is 5.82 Å².